The number of carbonyl (C=O) groups is 1. The summed E-state index contributed by atoms with van der Waals surface area (Å²) in [5.41, 5.74) is -0.0829. The van der Waals surface area contributed by atoms with Crippen LogP contribution in [0.5, 0.6) is 0 Å². The van der Waals surface area contributed by atoms with Gasteiger partial charge in [-0.2, -0.15) is 0 Å². The van der Waals surface area contributed by atoms with Crippen LogP contribution in [0.2, 0.25) is 0 Å². The van der Waals surface area contributed by atoms with E-state index in [0.717, 1.165) is 26.0 Å². The first kappa shape index (κ1) is 11.0. The van der Waals surface area contributed by atoms with Gasteiger partial charge in [-0.25, -0.2) is 4.79 Å². The van der Waals surface area contributed by atoms with E-state index in [9.17, 15) is 4.79 Å². The molecule has 4 nitrogen and oxygen atoms in total. The van der Waals surface area contributed by atoms with E-state index in [0.29, 0.717) is 0 Å². The van der Waals surface area contributed by atoms with Gasteiger partial charge < -0.3 is 14.8 Å². The third kappa shape index (κ3) is 3.38. The highest BCUT2D eigenvalue weighted by molar-refractivity contribution is 5.81. The molecule has 1 rings (SSSR count). The molecule has 1 unspecified atom stereocenters. The topological polar surface area (TPSA) is 47.6 Å². The van der Waals surface area contributed by atoms with Gasteiger partial charge in [-0.15, -0.1) is 0 Å². The molecule has 1 heterocycles. The number of rotatable bonds is 4. The highest BCUT2D eigenvalue weighted by Gasteiger charge is 2.28. The molecule has 0 bridgehead atoms. The monoisotopic (exact) mass is 199 g/mol. The molecular weight excluding hydrogens is 182 g/mol. The van der Waals surface area contributed by atoms with E-state index in [4.69, 9.17) is 4.74 Å². The Bertz CT molecular complexity index is 219. The number of nitrogens with one attached hydrogen (secondary N) is 1. The molecule has 1 saturated heterocycles. The summed E-state index contributed by atoms with van der Waals surface area (Å²) >= 11 is 0. The van der Waals surface area contributed by atoms with Gasteiger partial charge in [0, 0.05) is 25.4 Å². The fourth-order valence-corrected chi connectivity index (χ4v) is 1.45. The Hall–Kier alpha value is -1.03. The van der Waals surface area contributed by atoms with Crippen LogP contribution in [0.4, 0.5) is 0 Å². The van der Waals surface area contributed by atoms with E-state index in [1.54, 1.807) is 6.20 Å². The SMILES string of the molecule is COC(=O)/C=C/NCC1(C)CCCO1. The minimum Gasteiger partial charge on any atom is -0.466 e. The van der Waals surface area contributed by atoms with Crippen molar-refractivity contribution in [3.63, 3.8) is 0 Å². The fraction of sp³-hybridized carbons (Fsp3) is 0.700. The predicted molar refractivity (Wildman–Crippen MR) is 52.7 cm³/mol. The standard InChI is InChI=1S/C10H17NO3/c1-10(5-3-7-14-10)8-11-6-4-9(12)13-2/h4,6,11H,3,5,7-8H2,1-2H3/b6-4+. The predicted octanol–water partition coefficient (Wildman–Crippen LogP) is 0.832. The molecule has 0 aromatic rings. The summed E-state index contributed by atoms with van der Waals surface area (Å²) in [5, 5.41) is 3.03. The molecule has 0 spiro atoms. The van der Waals surface area contributed by atoms with Gasteiger partial charge in [-0.05, 0) is 19.8 Å². The quantitative estimate of drug-likeness (QED) is 0.538. The lowest BCUT2D eigenvalue weighted by Gasteiger charge is -2.22. The second-order valence-corrected chi connectivity index (χ2v) is 3.64. The Kier molecular flexibility index (Phi) is 3.95. The van der Waals surface area contributed by atoms with E-state index >= 15 is 0 Å². The fourth-order valence-electron chi connectivity index (χ4n) is 1.45. The van der Waals surface area contributed by atoms with Crippen LogP contribution in [-0.4, -0.2) is 31.8 Å². The van der Waals surface area contributed by atoms with Crippen molar-refractivity contribution >= 4 is 5.97 Å². The zero-order valence-corrected chi connectivity index (χ0v) is 8.71. The zero-order chi connectivity index (χ0) is 10.4. The molecule has 0 amide bonds. The van der Waals surface area contributed by atoms with Crippen molar-refractivity contribution in [2.75, 3.05) is 20.3 Å². The highest BCUT2D eigenvalue weighted by atomic mass is 16.5. The van der Waals surface area contributed by atoms with Crippen molar-refractivity contribution in [2.45, 2.75) is 25.4 Å². The average molecular weight is 199 g/mol. The summed E-state index contributed by atoms with van der Waals surface area (Å²) in [4.78, 5) is 10.7. The minimum atomic E-state index is -0.352. The molecule has 1 aliphatic heterocycles. The Morgan fingerprint density at radius 3 is 3.07 bits per heavy atom. The molecule has 1 atom stereocenters. The number of carbonyl (C=O) groups excluding carboxylic acids is 1. The van der Waals surface area contributed by atoms with Gasteiger partial charge in [0.05, 0.1) is 12.7 Å². The number of hydrogen-bond acceptors (Lipinski definition) is 4. The molecule has 0 aromatic heterocycles. The van der Waals surface area contributed by atoms with Crippen LogP contribution in [-0.2, 0) is 14.3 Å². The van der Waals surface area contributed by atoms with E-state index in [1.807, 2.05) is 0 Å². The van der Waals surface area contributed by atoms with Crippen molar-refractivity contribution < 1.29 is 14.3 Å². The lowest BCUT2D eigenvalue weighted by atomic mass is 10.0. The smallest absolute Gasteiger partial charge is 0.331 e. The van der Waals surface area contributed by atoms with E-state index < -0.39 is 0 Å². The Morgan fingerprint density at radius 1 is 1.71 bits per heavy atom. The van der Waals surface area contributed by atoms with Crippen LogP contribution in [0.1, 0.15) is 19.8 Å². The van der Waals surface area contributed by atoms with Crippen molar-refractivity contribution in [1.29, 1.82) is 0 Å². The molecule has 0 aromatic carbocycles. The maximum Gasteiger partial charge on any atom is 0.331 e. The van der Waals surface area contributed by atoms with Crippen LogP contribution in [0.3, 0.4) is 0 Å². The van der Waals surface area contributed by atoms with E-state index in [-0.39, 0.29) is 11.6 Å². The second kappa shape index (κ2) is 5.00. The molecule has 0 radical (unpaired) electrons. The van der Waals surface area contributed by atoms with Crippen LogP contribution < -0.4 is 5.32 Å². The van der Waals surface area contributed by atoms with Gasteiger partial charge in [0.2, 0.25) is 0 Å². The Balaban J connectivity index is 2.20. The normalized spacial score (nSPS) is 26.7. The largest absolute Gasteiger partial charge is 0.466 e. The average Bonchev–Trinajstić information content (AvgIpc) is 2.60. The van der Waals surface area contributed by atoms with Crippen LogP contribution >= 0.6 is 0 Å². The van der Waals surface area contributed by atoms with Gasteiger partial charge in [0.15, 0.2) is 0 Å². The summed E-state index contributed by atoms with van der Waals surface area (Å²) in [7, 11) is 1.36. The van der Waals surface area contributed by atoms with Crippen molar-refractivity contribution in [3.8, 4) is 0 Å². The molecular formula is C10H17NO3. The van der Waals surface area contributed by atoms with Gasteiger partial charge in [-0.3, -0.25) is 0 Å². The summed E-state index contributed by atoms with van der Waals surface area (Å²) < 4.78 is 10.0. The molecule has 1 N–H and O–H groups in total. The van der Waals surface area contributed by atoms with Gasteiger partial charge in [0.1, 0.15) is 0 Å². The Labute approximate surface area is 84.3 Å². The third-order valence-corrected chi connectivity index (χ3v) is 2.31. The molecule has 0 saturated carbocycles. The summed E-state index contributed by atoms with van der Waals surface area (Å²) in [6, 6.07) is 0. The number of hydrogen-bond donors (Lipinski definition) is 1. The first-order chi connectivity index (χ1) is 6.66. The van der Waals surface area contributed by atoms with Crippen LogP contribution in [0, 0.1) is 0 Å². The van der Waals surface area contributed by atoms with Crippen LogP contribution in [0.25, 0.3) is 0 Å². The summed E-state index contributed by atoms with van der Waals surface area (Å²) in [5.74, 6) is -0.352. The Morgan fingerprint density at radius 2 is 2.50 bits per heavy atom. The van der Waals surface area contributed by atoms with Gasteiger partial charge in [-0.1, -0.05) is 0 Å². The number of methoxy groups -OCH3 is 1. The first-order valence-corrected chi connectivity index (χ1v) is 4.78. The third-order valence-electron chi connectivity index (χ3n) is 2.31. The second-order valence-electron chi connectivity index (χ2n) is 3.64. The molecule has 1 fully saturated rings. The molecule has 80 valence electrons. The first-order valence-electron chi connectivity index (χ1n) is 4.78. The van der Waals surface area contributed by atoms with Crippen LogP contribution in [0.15, 0.2) is 12.3 Å². The van der Waals surface area contributed by atoms with E-state index in [1.165, 1.54) is 13.2 Å². The van der Waals surface area contributed by atoms with Crippen molar-refractivity contribution in [3.05, 3.63) is 12.3 Å². The summed E-state index contributed by atoms with van der Waals surface area (Å²) in [6.07, 6.45) is 5.13. The zero-order valence-electron chi connectivity index (χ0n) is 8.71. The minimum absolute atomic E-state index is 0.0829. The molecule has 1 aliphatic rings. The van der Waals surface area contributed by atoms with Crippen molar-refractivity contribution in [2.24, 2.45) is 0 Å². The number of esters is 1. The number of ether oxygens (including phenoxy) is 2. The summed E-state index contributed by atoms with van der Waals surface area (Å²) in [6.45, 7) is 3.62. The lowest BCUT2D eigenvalue weighted by Crippen LogP contribution is -2.34. The molecule has 14 heavy (non-hydrogen) atoms. The lowest BCUT2D eigenvalue weighted by molar-refractivity contribution is -0.134. The van der Waals surface area contributed by atoms with Crippen molar-refractivity contribution in [1.82, 2.24) is 5.32 Å². The highest BCUT2D eigenvalue weighted by Crippen LogP contribution is 2.23. The molecule has 4 heteroatoms. The maximum absolute atomic E-state index is 10.7. The molecule has 0 aliphatic carbocycles. The van der Waals surface area contributed by atoms with E-state index in [2.05, 4.69) is 17.0 Å². The van der Waals surface area contributed by atoms with Gasteiger partial charge >= 0.3 is 5.97 Å². The van der Waals surface area contributed by atoms with Gasteiger partial charge in [0.25, 0.3) is 0 Å². The maximum atomic E-state index is 10.7.